The Morgan fingerprint density at radius 1 is 0.969 bits per heavy atom. The zero-order chi connectivity index (χ0) is 22.5. The van der Waals surface area contributed by atoms with Gasteiger partial charge < -0.3 is 9.47 Å². The molecule has 4 nitrogen and oxygen atoms in total. The van der Waals surface area contributed by atoms with Crippen molar-refractivity contribution in [2.75, 3.05) is 19.6 Å². The third kappa shape index (κ3) is 3.58. The predicted octanol–water partition coefficient (Wildman–Crippen LogP) is 4.86. The highest BCUT2D eigenvalue weighted by atomic mass is 19.4. The summed E-state index contributed by atoms with van der Waals surface area (Å²) in [7, 11) is 1.76. The molecule has 1 amide bonds. The van der Waals surface area contributed by atoms with Crippen LogP contribution in [0.2, 0.25) is 0 Å². The molecule has 32 heavy (non-hydrogen) atoms. The van der Waals surface area contributed by atoms with Crippen molar-refractivity contribution in [3.8, 4) is 0 Å². The van der Waals surface area contributed by atoms with Gasteiger partial charge in [0.2, 0.25) is 0 Å². The predicted molar refractivity (Wildman–Crippen MR) is 117 cm³/mol. The van der Waals surface area contributed by atoms with Crippen LogP contribution in [-0.4, -0.2) is 46.0 Å². The first kappa shape index (κ1) is 21.1. The molecular weight excluding hydrogens is 415 g/mol. The van der Waals surface area contributed by atoms with Gasteiger partial charge in [0, 0.05) is 62.3 Å². The fraction of sp³-hybridized carbons (Fsp3) is 0.400. The van der Waals surface area contributed by atoms with Crippen LogP contribution in [0.3, 0.4) is 0 Å². The molecule has 1 fully saturated rings. The summed E-state index contributed by atoms with van der Waals surface area (Å²) in [5.74, 6) is -0.255. The molecule has 0 radical (unpaired) electrons. The van der Waals surface area contributed by atoms with Crippen LogP contribution in [0.5, 0.6) is 0 Å². The van der Waals surface area contributed by atoms with Crippen LogP contribution in [0.15, 0.2) is 48.5 Å². The van der Waals surface area contributed by atoms with Crippen molar-refractivity contribution in [1.82, 2.24) is 14.4 Å². The van der Waals surface area contributed by atoms with E-state index in [9.17, 15) is 18.0 Å². The Bertz CT molecular complexity index is 1140. The monoisotopic (exact) mass is 441 g/mol. The minimum Gasteiger partial charge on any atom is -0.347 e. The number of aryl methyl sites for hydroxylation is 1. The van der Waals surface area contributed by atoms with E-state index in [2.05, 4.69) is 17.0 Å². The van der Waals surface area contributed by atoms with Gasteiger partial charge in [-0.2, -0.15) is 13.2 Å². The van der Waals surface area contributed by atoms with Crippen LogP contribution < -0.4 is 0 Å². The van der Waals surface area contributed by atoms with Crippen LogP contribution in [0.1, 0.15) is 40.0 Å². The first-order valence-corrected chi connectivity index (χ1v) is 11.1. The lowest BCUT2D eigenvalue weighted by Crippen LogP contribution is -2.49. The summed E-state index contributed by atoms with van der Waals surface area (Å²) in [4.78, 5) is 17.7. The fourth-order valence-electron chi connectivity index (χ4n) is 5.35. The molecule has 0 spiro atoms. The van der Waals surface area contributed by atoms with E-state index in [1.165, 1.54) is 11.6 Å². The number of nitrogens with zero attached hydrogens (tertiary/aromatic N) is 3. The molecule has 2 aromatic carbocycles. The molecule has 2 aliphatic heterocycles. The van der Waals surface area contributed by atoms with Gasteiger partial charge in [-0.15, -0.1) is 0 Å². The summed E-state index contributed by atoms with van der Waals surface area (Å²) >= 11 is 0. The number of rotatable bonds is 3. The van der Waals surface area contributed by atoms with Gasteiger partial charge in [-0.3, -0.25) is 9.69 Å². The Morgan fingerprint density at radius 3 is 2.38 bits per heavy atom. The van der Waals surface area contributed by atoms with Crippen LogP contribution in [0.4, 0.5) is 13.2 Å². The zero-order valence-corrected chi connectivity index (χ0v) is 18.0. The number of fused-ring (bicyclic) bond motifs is 3. The fourth-order valence-corrected chi connectivity index (χ4v) is 5.35. The second-order valence-corrected chi connectivity index (χ2v) is 8.82. The van der Waals surface area contributed by atoms with Crippen molar-refractivity contribution in [1.29, 1.82) is 0 Å². The molecule has 3 heterocycles. The Kier molecular flexibility index (Phi) is 5.24. The molecule has 7 heteroatoms. The molecule has 0 bridgehead atoms. The number of halogens is 3. The third-order valence-electron chi connectivity index (χ3n) is 6.96. The number of amides is 1. The maximum Gasteiger partial charge on any atom is 0.417 e. The van der Waals surface area contributed by atoms with E-state index in [-0.39, 0.29) is 22.9 Å². The smallest absolute Gasteiger partial charge is 0.347 e. The molecule has 3 aromatic rings. The summed E-state index contributed by atoms with van der Waals surface area (Å²) in [6, 6.07) is 14.5. The maximum absolute atomic E-state index is 13.8. The second-order valence-electron chi connectivity index (χ2n) is 8.82. The van der Waals surface area contributed by atoms with Crippen LogP contribution >= 0.6 is 0 Å². The molecular formula is C25H26F3N3O. The minimum atomic E-state index is -4.50. The lowest BCUT2D eigenvalue weighted by Gasteiger charge is -2.40. The van der Waals surface area contributed by atoms with E-state index in [1.54, 1.807) is 17.7 Å². The number of carbonyl (C=O) groups is 1. The standard InChI is InChI=1S/C25H26F3N3O/c1-29-20-9-5-8-19(25(26,27)28)22(20)23-21(29)12-15-31(24(23)32)18-10-13-30(14-11-18)16-17-6-3-2-4-7-17/h2-9,18H,10-16H2,1H3. The number of hydrogen-bond acceptors (Lipinski definition) is 2. The average molecular weight is 441 g/mol. The summed E-state index contributed by atoms with van der Waals surface area (Å²) in [6.07, 6.45) is -2.25. The van der Waals surface area contributed by atoms with Gasteiger partial charge in [0.15, 0.2) is 0 Å². The molecule has 1 saturated heterocycles. The van der Waals surface area contributed by atoms with E-state index < -0.39 is 11.7 Å². The van der Waals surface area contributed by atoms with Crippen molar-refractivity contribution in [2.24, 2.45) is 7.05 Å². The van der Waals surface area contributed by atoms with Crippen molar-refractivity contribution >= 4 is 16.8 Å². The first-order chi connectivity index (χ1) is 15.3. The Morgan fingerprint density at radius 2 is 1.69 bits per heavy atom. The van der Waals surface area contributed by atoms with Crippen molar-refractivity contribution < 1.29 is 18.0 Å². The minimum absolute atomic E-state index is 0.0497. The van der Waals surface area contributed by atoms with Crippen molar-refractivity contribution in [3.63, 3.8) is 0 Å². The Labute approximate surface area is 185 Å². The SMILES string of the molecule is Cn1c2c(c3c(C(F)(F)F)cccc31)C(=O)N(C1CCN(Cc3ccccc3)CC1)CC2. The van der Waals surface area contributed by atoms with Crippen LogP contribution in [-0.2, 0) is 26.2 Å². The molecule has 168 valence electrons. The second kappa shape index (κ2) is 7.96. The topological polar surface area (TPSA) is 28.5 Å². The largest absolute Gasteiger partial charge is 0.417 e. The summed E-state index contributed by atoms with van der Waals surface area (Å²) in [5.41, 5.74) is 1.96. The molecule has 0 unspecified atom stereocenters. The summed E-state index contributed by atoms with van der Waals surface area (Å²) in [6.45, 7) is 3.18. The highest BCUT2D eigenvalue weighted by molar-refractivity contribution is 6.10. The van der Waals surface area contributed by atoms with E-state index >= 15 is 0 Å². The maximum atomic E-state index is 13.8. The normalized spacial score (nSPS) is 18.4. The van der Waals surface area contributed by atoms with E-state index in [4.69, 9.17) is 0 Å². The lowest BCUT2D eigenvalue weighted by atomic mass is 9.95. The Balaban J connectivity index is 1.39. The van der Waals surface area contributed by atoms with Gasteiger partial charge in [-0.25, -0.2) is 0 Å². The summed E-state index contributed by atoms with van der Waals surface area (Å²) < 4.78 is 43.0. The molecule has 0 aliphatic carbocycles. The number of piperidine rings is 1. The van der Waals surface area contributed by atoms with E-state index in [1.807, 2.05) is 23.1 Å². The quantitative estimate of drug-likeness (QED) is 0.581. The highest BCUT2D eigenvalue weighted by Gasteiger charge is 2.40. The van der Waals surface area contributed by atoms with Crippen molar-refractivity contribution in [2.45, 2.75) is 38.0 Å². The molecule has 0 N–H and O–H groups in total. The molecule has 5 rings (SSSR count). The van der Waals surface area contributed by atoms with Gasteiger partial charge in [0.25, 0.3) is 5.91 Å². The molecule has 2 aliphatic rings. The number of benzene rings is 2. The third-order valence-corrected chi connectivity index (χ3v) is 6.96. The first-order valence-electron chi connectivity index (χ1n) is 11.1. The number of carbonyl (C=O) groups excluding carboxylic acids is 1. The van der Waals surface area contributed by atoms with Crippen LogP contribution in [0.25, 0.3) is 10.9 Å². The van der Waals surface area contributed by atoms with Gasteiger partial charge in [0.1, 0.15) is 0 Å². The average Bonchev–Trinajstić information content (AvgIpc) is 3.08. The molecule has 0 saturated carbocycles. The number of aromatic nitrogens is 1. The van der Waals surface area contributed by atoms with Crippen LogP contribution in [0, 0.1) is 0 Å². The van der Waals surface area contributed by atoms with Gasteiger partial charge in [-0.1, -0.05) is 36.4 Å². The molecule has 0 atom stereocenters. The zero-order valence-electron chi connectivity index (χ0n) is 18.0. The molecule has 1 aromatic heterocycles. The number of hydrogen-bond donors (Lipinski definition) is 0. The highest BCUT2D eigenvalue weighted by Crippen LogP contribution is 2.40. The van der Waals surface area contributed by atoms with Gasteiger partial charge in [0.05, 0.1) is 11.1 Å². The summed E-state index contributed by atoms with van der Waals surface area (Å²) in [5, 5.41) is 0.0497. The lowest BCUT2D eigenvalue weighted by molar-refractivity contribution is -0.136. The van der Waals surface area contributed by atoms with Gasteiger partial charge >= 0.3 is 6.18 Å². The van der Waals surface area contributed by atoms with E-state index in [0.717, 1.165) is 38.5 Å². The number of alkyl halides is 3. The van der Waals surface area contributed by atoms with Gasteiger partial charge in [-0.05, 0) is 30.5 Å². The van der Waals surface area contributed by atoms with E-state index in [0.29, 0.717) is 24.2 Å². The number of likely N-dealkylation sites (tertiary alicyclic amines) is 1. The Hall–Kier alpha value is -2.80. The van der Waals surface area contributed by atoms with Crippen molar-refractivity contribution in [3.05, 3.63) is 70.9 Å².